The molecule has 130 valence electrons. The van der Waals surface area contributed by atoms with Crippen LogP contribution >= 0.6 is 0 Å². The van der Waals surface area contributed by atoms with Crippen LogP contribution in [-0.4, -0.2) is 35.0 Å². The summed E-state index contributed by atoms with van der Waals surface area (Å²) in [6.07, 6.45) is 2.56. The van der Waals surface area contributed by atoms with Crippen LogP contribution in [0.2, 0.25) is 0 Å². The third kappa shape index (κ3) is 4.79. The molecule has 0 atom stereocenters. The van der Waals surface area contributed by atoms with E-state index in [1.54, 1.807) is 23.2 Å². The number of likely N-dealkylation sites (tertiary alicyclic amines) is 1. The molecule has 0 bridgehead atoms. The number of aromatic nitrogens is 1. The second kappa shape index (κ2) is 8.28. The maximum atomic E-state index is 12.3. The van der Waals surface area contributed by atoms with Crippen molar-refractivity contribution in [1.82, 2.24) is 9.88 Å². The molecule has 0 radical (unpaired) electrons. The third-order valence-electron chi connectivity index (χ3n) is 4.25. The second-order valence-electron chi connectivity index (χ2n) is 6.01. The van der Waals surface area contributed by atoms with E-state index >= 15 is 0 Å². The molecule has 1 aliphatic rings. The van der Waals surface area contributed by atoms with Gasteiger partial charge in [-0.05, 0) is 30.5 Å². The number of nitrogens with one attached hydrogen (secondary N) is 1. The number of carbonyl (C=O) groups excluding carboxylic acids is 2. The first-order valence-electron chi connectivity index (χ1n) is 8.40. The van der Waals surface area contributed by atoms with E-state index in [-0.39, 0.29) is 24.5 Å². The molecule has 6 nitrogen and oxygen atoms in total. The minimum atomic E-state index is -0.326. The predicted octanol–water partition coefficient (Wildman–Crippen LogP) is 3.07. The number of hydrogen-bond donors (Lipinski definition) is 1. The molecule has 0 unspecified atom stereocenters. The lowest BCUT2D eigenvalue weighted by atomic mass is 9.96. The summed E-state index contributed by atoms with van der Waals surface area (Å²) in [5, 5.41) is 2.82. The number of rotatable bonds is 4. The van der Waals surface area contributed by atoms with E-state index in [1.807, 2.05) is 36.4 Å². The zero-order valence-corrected chi connectivity index (χ0v) is 13.9. The SMILES string of the molecule is O=C(Nc1ccccn1)C1CCN(C(=O)OCc2ccccc2)CC1. The molecule has 3 rings (SSSR count). The monoisotopic (exact) mass is 339 g/mol. The fourth-order valence-corrected chi connectivity index (χ4v) is 2.80. The Labute approximate surface area is 146 Å². The van der Waals surface area contributed by atoms with Crippen molar-refractivity contribution in [2.75, 3.05) is 18.4 Å². The van der Waals surface area contributed by atoms with Crippen LogP contribution in [0.4, 0.5) is 10.6 Å². The fraction of sp³-hybridized carbons (Fsp3) is 0.316. The van der Waals surface area contributed by atoms with Gasteiger partial charge < -0.3 is 15.0 Å². The highest BCUT2D eigenvalue weighted by Gasteiger charge is 2.28. The summed E-state index contributed by atoms with van der Waals surface area (Å²) in [6, 6.07) is 15.0. The van der Waals surface area contributed by atoms with E-state index in [0.29, 0.717) is 31.7 Å². The Morgan fingerprint density at radius 2 is 1.80 bits per heavy atom. The van der Waals surface area contributed by atoms with Crippen LogP contribution in [0, 0.1) is 5.92 Å². The van der Waals surface area contributed by atoms with E-state index in [9.17, 15) is 9.59 Å². The number of pyridine rings is 1. The van der Waals surface area contributed by atoms with Gasteiger partial charge >= 0.3 is 6.09 Å². The lowest BCUT2D eigenvalue weighted by Gasteiger charge is -2.30. The molecule has 1 N–H and O–H groups in total. The molecule has 6 heteroatoms. The van der Waals surface area contributed by atoms with Gasteiger partial charge in [-0.2, -0.15) is 0 Å². The summed E-state index contributed by atoms with van der Waals surface area (Å²) in [5.41, 5.74) is 0.959. The summed E-state index contributed by atoms with van der Waals surface area (Å²) in [5.74, 6) is 0.397. The zero-order valence-electron chi connectivity index (χ0n) is 13.9. The molecule has 1 aliphatic heterocycles. The van der Waals surface area contributed by atoms with Crippen LogP contribution in [0.25, 0.3) is 0 Å². The molecule has 25 heavy (non-hydrogen) atoms. The Morgan fingerprint density at radius 3 is 2.48 bits per heavy atom. The van der Waals surface area contributed by atoms with Crippen LogP contribution in [0.15, 0.2) is 54.7 Å². The van der Waals surface area contributed by atoms with Gasteiger partial charge in [-0.25, -0.2) is 9.78 Å². The second-order valence-corrected chi connectivity index (χ2v) is 6.01. The minimum absolute atomic E-state index is 0.0454. The predicted molar refractivity (Wildman–Crippen MR) is 93.8 cm³/mol. The summed E-state index contributed by atoms with van der Waals surface area (Å²) in [4.78, 5) is 30.2. The average molecular weight is 339 g/mol. The first-order chi connectivity index (χ1) is 12.2. The van der Waals surface area contributed by atoms with Crippen LogP contribution in [0.1, 0.15) is 18.4 Å². The highest BCUT2D eigenvalue weighted by atomic mass is 16.6. The van der Waals surface area contributed by atoms with Gasteiger partial charge in [0, 0.05) is 25.2 Å². The molecule has 1 saturated heterocycles. The lowest BCUT2D eigenvalue weighted by molar-refractivity contribution is -0.121. The lowest BCUT2D eigenvalue weighted by Crippen LogP contribution is -2.41. The van der Waals surface area contributed by atoms with Gasteiger partial charge in [0.15, 0.2) is 0 Å². The standard InChI is InChI=1S/C19H21N3O3/c23-18(21-17-8-4-5-11-20-17)16-9-12-22(13-10-16)19(24)25-14-15-6-2-1-3-7-15/h1-8,11,16H,9-10,12-14H2,(H,20,21,23). The number of anilines is 1. The Balaban J connectivity index is 1.43. The topological polar surface area (TPSA) is 71.5 Å². The number of piperidine rings is 1. The number of carbonyl (C=O) groups is 2. The van der Waals surface area contributed by atoms with Gasteiger partial charge in [-0.1, -0.05) is 36.4 Å². The van der Waals surface area contributed by atoms with Crippen molar-refractivity contribution in [3.8, 4) is 0 Å². The van der Waals surface area contributed by atoms with Crippen molar-refractivity contribution in [3.63, 3.8) is 0 Å². The molecule has 1 aromatic heterocycles. The number of amides is 2. The smallest absolute Gasteiger partial charge is 0.410 e. The maximum Gasteiger partial charge on any atom is 0.410 e. The number of nitrogens with zero attached hydrogens (tertiary/aromatic N) is 2. The molecule has 2 heterocycles. The van der Waals surface area contributed by atoms with Gasteiger partial charge in [0.1, 0.15) is 12.4 Å². The molecule has 2 aromatic rings. The Bertz CT molecular complexity index is 698. The Kier molecular flexibility index (Phi) is 5.61. The molecule has 2 amide bonds. The quantitative estimate of drug-likeness (QED) is 0.929. The highest BCUT2D eigenvalue weighted by Crippen LogP contribution is 2.20. The number of benzene rings is 1. The van der Waals surface area contributed by atoms with Crippen LogP contribution < -0.4 is 5.32 Å². The molecular weight excluding hydrogens is 318 g/mol. The van der Waals surface area contributed by atoms with Crippen molar-refractivity contribution in [3.05, 3.63) is 60.3 Å². The summed E-state index contributed by atoms with van der Waals surface area (Å²) in [6.45, 7) is 1.31. The largest absolute Gasteiger partial charge is 0.445 e. The molecule has 1 aromatic carbocycles. The minimum Gasteiger partial charge on any atom is -0.445 e. The first kappa shape index (κ1) is 17.0. The van der Waals surface area contributed by atoms with Gasteiger partial charge in [0.2, 0.25) is 5.91 Å². The van der Waals surface area contributed by atoms with E-state index in [1.165, 1.54) is 0 Å². The normalized spacial score (nSPS) is 14.8. The summed E-state index contributed by atoms with van der Waals surface area (Å²) >= 11 is 0. The maximum absolute atomic E-state index is 12.3. The van der Waals surface area contributed by atoms with Crippen molar-refractivity contribution in [2.24, 2.45) is 5.92 Å². The molecule has 0 aliphatic carbocycles. The summed E-state index contributed by atoms with van der Waals surface area (Å²) in [7, 11) is 0. The average Bonchev–Trinajstić information content (AvgIpc) is 2.68. The van der Waals surface area contributed by atoms with Crippen molar-refractivity contribution >= 4 is 17.8 Å². The molecular formula is C19H21N3O3. The van der Waals surface area contributed by atoms with Gasteiger partial charge in [0.25, 0.3) is 0 Å². The Hall–Kier alpha value is -2.89. The van der Waals surface area contributed by atoms with E-state index in [4.69, 9.17) is 4.74 Å². The van der Waals surface area contributed by atoms with Gasteiger partial charge in [-0.3, -0.25) is 4.79 Å². The fourth-order valence-electron chi connectivity index (χ4n) is 2.80. The number of ether oxygens (including phenoxy) is 1. The van der Waals surface area contributed by atoms with Crippen LogP contribution in [0.5, 0.6) is 0 Å². The van der Waals surface area contributed by atoms with Crippen molar-refractivity contribution in [2.45, 2.75) is 19.4 Å². The van der Waals surface area contributed by atoms with Crippen molar-refractivity contribution < 1.29 is 14.3 Å². The van der Waals surface area contributed by atoms with Gasteiger partial charge in [0.05, 0.1) is 0 Å². The van der Waals surface area contributed by atoms with E-state index < -0.39 is 0 Å². The first-order valence-corrected chi connectivity index (χ1v) is 8.40. The Morgan fingerprint density at radius 1 is 1.08 bits per heavy atom. The van der Waals surface area contributed by atoms with Crippen LogP contribution in [0.3, 0.4) is 0 Å². The highest BCUT2D eigenvalue weighted by molar-refractivity contribution is 5.91. The third-order valence-corrected chi connectivity index (χ3v) is 4.25. The zero-order chi connectivity index (χ0) is 17.5. The van der Waals surface area contributed by atoms with E-state index in [0.717, 1.165) is 5.56 Å². The van der Waals surface area contributed by atoms with Crippen LogP contribution in [-0.2, 0) is 16.1 Å². The molecule has 0 saturated carbocycles. The molecule has 0 spiro atoms. The van der Waals surface area contributed by atoms with Gasteiger partial charge in [-0.15, -0.1) is 0 Å². The van der Waals surface area contributed by atoms with E-state index in [2.05, 4.69) is 10.3 Å². The summed E-state index contributed by atoms with van der Waals surface area (Å²) < 4.78 is 5.34. The number of hydrogen-bond acceptors (Lipinski definition) is 4. The molecule has 1 fully saturated rings. The van der Waals surface area contributed by atoms with Crippen molar-refractivity contribution in [1.29, 1.82) is 0 Å².